The topological polar surface area (TPSA) is 176 Å². The average Bonchev–Trinajstić information content (AvgIpc) is 3.56. The summed E-state index contributed by atoms with van der Waals surface area (Å²) in [6.07, 6.45) is 0.731. The van der Waals surface area contributed by atoms with Gasteiger partial charge in [-0.2, -0.15) is 0 Å². The smallest absolute Gasteiger partial charge is 0.404 e. The number of rotatable bonds is 14. The molecule has 0 bridgehead atoms. The molecule has 0 saturated carbocycles. The van der Waals surface area contributed by atoms with Gasteiger partial charge in [-0.25, -0.2) is 9.78 Å². The summed E-state index contributed by atoms with van der Waals surface area (Å²) in [5.74, 6) is -1.10. The van der Waals surface area contributed by atoms with E-state index in [0.717, 1.165) is 34.5 Å². The van der Waals surface area contributed by atoms with Crippen LogP contribution in [0.15, 0.2) is 29.8 Å². The molecule has 13 heteroatoms. The second kappa shape index (κ2) is 15.8. The van der Waals surface area contributed by atoms with E-state index in [1.54, 1.807) is 11.3 Å². The van der Waals surface area contributed by atoms with Gasteiger partial charge in [0.2, 0.25) is 17.7 Å². The predicted molar refractivity (Wildman–Crippen MR) is 164 cm³/mol. The lowest BCUT2D eigenvalue weighted by Crippen LogP contribution is -2.58. The molecular formula is C30H44N6O6S. The first-order chi connectivity index (χ1) is 20.4. The van der Waals surface area contributed by atoms with Gasteiger partial charge in [0, 0.05) is 19.5 Å². The number of primary amides is 1. The number of aliphatic hydroxyl groups is 1. The van der Waals surface area contributed by atoms with Crippen LogP contribution in [0.5, 0.6) is 0 Å². The lowest BCUT2D eigenvalue weighted by molar-refractivity contribution is -0.144. The second-order valence-electron chi connectivity index (χ2n) is 11.8. The highest BCUT2D eigenvalue weighted by Crippen LogP contribution is 2.28. The number of aryl methyl sites for hydroxylation is 1. The van der Waals surface area contributed by atoms with Crippen molar-refractivity contribution >= 4 is 35.2 Å². The largest absolute Gasteiger partial charge is 0.450 e. The van der Waals surface area contributed by atoms with E-state index >= 15 is 0 Å². The number of nitrogens with one attached hydrogen (secondary N) is 3. The van der Waals surface area contributed by atoms with Crippen LogP contribution in [-0.4, -0.2) is 83.2 Å². The minimum absolute atomic E-state index is 0.0139. The van der Waals surface area contributed by atoms with Crippen molar-refractivity contribution < 1.29 is 29.0 Å². The first-order valence-corrected chi connectivity index (χ1v) is 15.4. The maximum Gasteiger partial charge on any atom is 0.404 e. The Hall–Kier alpha value is -3.55. The van der Waals surface area contributed by atoms with Crippen LogP contribution in [0.4, 0.5) is 4.79 Å². The minimum Gasteiger partial charge on any atom is -0.450 e. The lowest BCUT2D eigenvalue weighted by Gasteiger charge is -2.35. The Morgan fingerprint density at radius 2 is 1.88 bits per heavy atom. The van der Waals surface area contributed by atoms with E-state index in [1.807, 2.05) is 57.5 Å². The van der Waals surface area contributed by atoms with Crippen LogP contribution in [0.3, 0.4) is 0 Å². The van der Waals surface area contributed by atoms with E-state index in [1.165, 1.54) is 4.90 Å². The molecule has 2 aromatic rings. The van der Waals surface area contributed by atoms with Crippen molar-refractivity contribution in [1.82, 2.24) is 25.8 Å². The van der Waals surface area contributed by atoms with Crippen LogP contribution in [0.2, 0.25) is 0 Å². The third-order valence-corrected chi connectivity index (χ3v) is 8.22. The number of carbonyl (C=O) groups excluding carboxylic acids is 4. The number of nitrogens with two attached hydrogens (primary N) is 1. The summed E-state index contributed by atoms with van der Waals surface area (Å²) in [6, 6.07) is 6.13. The summed E-state index contributed by atoms with van der Waals surface area (Å²) >= 11 is 1.58. The number of amides is 4. The summed E-state index contributed by atoms with van der Waals surface area (Å²) in [4.78, 5) is 57.0. The molecule has 3 atom stereocenters. The van der Waals surface area contributed by atoms with Crippen molar-refractivity contribution in [2.24, 2.45) is 11.1 Å². The molecule has 1 aliphatic rings. The molecule has 12 nitrogen and oxygen atoms in total. The summed E-state index contributed by atoms with van der Waals surface area (Å²) < 4.78 is 4.68. The maximum atomic E-state index is 13.7. The Bertz CT molecular complexity index is 1240. The highest BCUT2D eigenvalue weighted by atomic mass is 32.1. The molecule has 1 saturated heterocycles. The second-order valence-corrected chi connectivity index (χ2v) is 12.7. The Balaban J connectivity index is 1.53. The zero-order valence-electron chi connectivity index (χ0n) is 25.4. The number of unbranched alkanes of at least 4 members (excludes halogenated alkanes) is 2. The highest BCUT2D eigenvalue weighted by Gasteiger charge is 2.44. The molecule has 2 heterocycles. The number of β-amino-alcohol motifs (C(OH)–C–C–N with tert-alkyl or cyclic N) is 1. The fraction of sp³-hybridized carbons (Fsp3) is 0.567. The van der Waals surface area contributed by atoms with E-state index in [4.69, 9.17) is 5.73 Å². The number of benzene rings is 1. The minimum atomic E-state index is -0.893. The fourth-order valence-corrected chi connectivity index (χ4v) is 5.71. The number of ether oxygens (including phenoxy) is 1. The van der Waals surface area contributed by atoms with Crippen LogP contribution in [0, 0.1) is 12.3 Å². The number of aliphatic hydroxyl groups excluding tert-OH is 1. The monoisotopic (exact) mass is 616 g/mol. The number of aromatic nitrogens is 1. The van der Waals surface area contributed by atoms with Crippen LogP contribution in [-0.2, 0) is 25.7 Å². The maximum absolute atomic E-state index is 13.7. The number of carbonyl (C=O) groups is 4. The molecule has 4 amide bonds. The van der Waals surface area contributed by atoms with Gasteiger partial charge in [-0.05, 0) is 49.3 Å². The number of hydrogen-bond acceptors (Lipinski definition) is 9. The normalized spacial score (nSPS) is 17.4. The molecule has 1 fully saturated rings. The Morgan fingerprint density at radius 1 is 1.16 bits per heavy atom. The van der Waals surface area contributed by atoms with Gasteiger partial charge in [-0.15, -0.1) is 11.3 Å². The Kier molecular flexibility index (Phi) is 12.5. The quantitative estimate of drug-likeness (QED) is 0.200. The number of likely N-dealkylation sites (tertiary alicyclic amines) is 1. The first kappa shape index (κ1) is 33.9. The molecule has 43 heavy (non-hydrogen) atoms. The molecule has 6 N–H and O–H groups in total. The van der Waals surface area contributed by atoms with Crippen LogP contribution in [0.1, 0.15) is 57.7 Å². The number of nitrogens with zero attached hydrogens (tertiary/aromatic N) is 2. The molecule has 1 aliphatic heterocycles. The van der Waals surface area contributed by atoms with Crippen molar-refractivity contribution in [3.8, 4) is 10.4 Å². The number of hydrogen-bond donors (Lipinski definition) is 5. The Labute approximate surface area is 256 Å². The zero-order valence-corrected chi connectivity index (χ0v) is 26.2. The van der Waals surface area contributed by atoms with Gasteiger partial charge in [0.25, 0.3) is 0 Å². The zero-order chi connectivity index (χ0) is 31.6. The van der Waals surface area contributed by atoms with Crippen molar-refractivity contribution in [1.29, 1.82) is 0 Å². The lowest BCUT2D eigenvalue weighted by atomic mass is 9.85. The van der Waals surface area contributed by atoms with Gasteiger partial charge in [-0.1, -0.05) is 45.0 Å². The van der Waals surface area contributed by atoms with Crippen molar-refractivity contribution in [2.75, 3.05) is 26.2 Å². The average molecular weight is 617 g/mol. The van der Waals surface area contributed by atoms with Gasteiger partial charge in [0.1, 0.15) is 12.1 Å². The van der Waals surface area contributed by atoms with Crippen molar-refractivity contribution in [3.05, 3.63) is 41.0 Å². The summed E-state index contributed by atoms with van der Waals surface area (Å²) in [5, 5.41) is 19.2. The predicted octanol–water partition coefficient (Wildman–Crippen LogP) is 2.08. The third-order valence-electron chi connectivity index (χ3n) is 7.24. The number of thiazole rings is 1. The molecule has 0 radical (unpaired) electrons. The SMILES string of the molecule is Cc1ncsc1-c1ccc(CNC(=O)[C@@H]2C[C@@H](O)CN2C(=O)C(NC(=O)CNCCCCCOC(N)=O)C(C)(C)C)cc1. The van der Waals surface area contributed by atoms with Crippen LogP contribution < -0.4 is 21.7 Å². The molecule has 1 aromatic carbocycles. The highest BCUT2D eigenvalue weighted by molar-refractivity contribution is 7.13. The van der Waals surface area contributed by atoms with Gasteiger partial charge in [0.05, 0.1) is 35.3 Å². The molecule has 0 aliphatic carbocycles. The van der Waals surface area contributed by atoms with Crippen molar-refractivity contribution in [2.45, 2.75) is 78.1 Å². The summed E-state index contributed by atoms with van der Waals surface area (Å²) in [5.41, 5.74) is 9.03. The standard InChI is InChI=1S/C30H44N6O6S/c1-19-25(43-18-34-19)21-10-8-20(9-11-21)15-33-27(39)23-14-22(37)17-36(23)28(40)26(30(2,3)4)35-24(38)16-32-12-6-5-7-13-42-29(31)41/h8-11,18,22-23,26,32,37H,5-7,12-17H2,1-4H3,(H2,31,41)(H,33,39)(H,35,38)/t22-,23+,26?/m1/s1. The van der Waals surface area contributed by atoms with Crippen LogP contribution in [0.25, 0.3) is 10.4 Å². The van der Waals surface area contributed by atoms with Gasteiger partial charge in [-0.3, -0.25) is 14.4 Å². The molecule has 236 valence electrons. The Morgan fingerprint density at radius 3 is 2.51 bits per heavy atom. The fourth-order valence-electron chi connectivity index (χ4n) is 4.90. The summed E-state index contributed by atoms with van der Waals surface area (Å²) in [6.45, 7) is 8.64. The van der Waals surface area contributed by atoms with Gasteiger partial charge >= 0.3 is 6.09 Å². The van der Waals surface area contributed by atoms with E-state index in [-0.39, 0.29) is 44.5 Å². The molecular weight excluding hydrogens is 572 g/mol. The molecule has 3 rings (SSSR count). The van der Waals surface area contributed by atoms with Crippen molar-refractivity contribution in [3.63, 3.8) is 0 Å². The van der Waals surface area contributed by atoms with E-state index in [2.05, 4.69) is 25.7 Å². The molecule has 1 aromatic heterocycles. The van der Waals surface area contributed by atoms with E-state index in [0.29, 0.717) is 13.0 Å². The first-order valence-electron chi connectivity index (χ1n) is 14.5. The van der Waals surface area contributed by atoms with E-state index < -0.39 is 35.6 Å². The van der Waals surface area contributed by atoms with Crippen LogP contribution >= 0.6 is 11.3 Å². The van der Waals surface area contributed by atoms with Gasteiger partial charge < -0.3 is 36.4 Å². The summed E-state index contributed by atoms with van der Waals surface area (Å²) in [7, 11) is 0. The molecule has 0 spiro atoms. The molecule has 1 unspecified atom stereocenters. The third kappa shape index (κ3) is 10.3. The van der Waals surface area contributed by atoms with E-state index in [9.17, 15) is 24.3 Å². The van der Waals surface area contributed by atoms with Gasteiger partial charge in [0.15, 0.2) is 0 Å².